The van der Waals surface area contributed by atoms with Crippen LogP contribution < -0.4 is 5.48 Å². The molecule has 0 spiro atoms. The average molecular weight is 235 g/mol. The largest absolute Gasteiger partial charge is 0.234 e. The number of aryl methyl sites for hydroxylation is 2. The molecule has 0 bridgehead atoms. The second-order valence-electron chi connectivity index (χ2n) is 3.72. The number of fused-ring (bicyclic) bond motifs is 1. The van der Waals surface area contributed by atoms with E-state index >= 15 is 0 Å². The predicted molar refractivity (Wildman–Crippen MR) is 68.2 cm³/mol. The molecule has 0 unspecified atom stereocenters. The van der Waals surface area contributed by atoms with Crippen molar-refractivity contribution in [2.45, 2.75) is 13.8 Å². The Morgan fingerprint density at radius 3 is 2.38 bits per heavy atom. The maximum absolute atomic E-state index is 4.55. The van der Waals surface area contributed by atoms with E-state index < -0.39 is 0 Å². The fourth-order valence-electron chi connectivity index (χ4n) is 1.77. The second-order valence-corrected chi connectivity index (χ2v) is 3.87. The van der Waals surface area contributed by atoms with Gasteiger partial charge in [-0.1, -0.05) is 18.2 Å². The van der Waals surface area contributed by atoms with E-state index in [1.807, 2.05) is 12.1 Å². The van der Waals surface area contributed by atoms with Crippen LogP contribution in [0.25, 0.3) is 10.8 Å². The zero-order valence-corrected chi connectivity index (χ0v) is 10.0. The molecule has 0 aliphatic heterocycles. The molecule has 0 atom stereocenters. The summed E-state index contributed by atoms with van der Waals surface area (Å²) in [4.78, 5) is 4.55. The topological polar surface area (TPSA) is 30.5 Å². The molecule has 2 aromatic carbocycles. The molecule has 0 aromatic heterocycles. The third kappa shape index (κ3) is 2.14. The first-order chi connectivity index (χ1) is 7.72. The number of thiol groups is 1. The van der Waals surface area contributed by atoms with E-state index in [9.17, 15) is 0 Å². The van der Waals surface area contributed by atoms with Crippen LogP contribution in [0, 0.1) is 13.8 Å². The quantitative estimate of drug-likeness (QED) is 0.369. The first-order valence-electron chi connectivity index (χ1n) is 4.95. The van der Waals surface area contributed by atoms with Gasteiger partial charge in [0.25, 0.3) is 0 Å². The first-order valence-corrected chi connectivity index (χ1v) is 5.32. The van der Waals surface area contributed by atoms with Crippen molar-refractivity contribution in [3.05, 3.63) is 41.5 Å². The molecule has 3 nitrogen and oxygen atoms in total. The highest BCUT2D eigenvalue weighted by Gasteiger charge is 2.02. The lowest BCUT2D eigenvalue weighted by Gasteiger charge is -2.08. The van der Waals surface area contributed by atoms with Gasteiger partial charge in [-0.2, -0.15) is 0 Å². The van der Waals surface area contributed by atoms with Crippen molar-refractivity contribution < 1.29 is 9.32 Å². The van der Waals surface area contributed by atoms with Crippen LogP contribution in [0.3, 0.4) is 0 Å². The van der Waals surface area contributed by atoms with Crippen LogP contribution in [-0.2, 0) is 9.32 Å². The minimum absolute atomic E-state index is 0.829. The van der Waals surface area contributed by atoms with E-state index in [-0.39, 0.29) is 0 Å². The summed E-state index contributed by atoms with van der Waals surface area (Å²) in [5, 5.41) is 2.45. The van der Waals surface area contributed by atoms with Crippen LogP contribution in [-0.4, -0.2) is 0 Å². The normalized spacial score (nSPS) is 10.7. The smallest absolute Gasteiger partial charge is 0.0641 e. The molecule has 0 radical (unpaired) electrons. The lowest BCUT2D eigenvalue weighted by molar-refractivity contribution is -0.158. The zero-order chi connectivity index (χ0) is 11.5. The van der Waals surface area contributed by atoms with Crippen LogP contribution in [0.2, 0.25) is 0 Å². The summed E-state index contributed by atoms with van der Waals surface area (Å²) in [5.74, 6) is 0. The van der Waals surface area contributed by atoms with E-state index in [1.54, 1.807) is 0 Å². The molecule has 2 aromatic rings. The fourth-order valence-corrected chi connectivity index (χ4v) is 1.81. The molecule has 0 amide bonds. The molecule has 0 heterocycles. The Labute approximate surface area is 99.9 Å². The highest BCUT2D eigenvalue weighted by Crippen LogP contribution is 2.25. The Kier molecular flexibility index (Phi) is 3.33. The third-order valence-corrected chi connectivity index (χ3v) is 2.72. The van der Waals surface area contributed by atoms with Crippen molar-refractivity contribution >= 4 is 29.4 Å². The van der Waals surface area contributed by atoms with Crippen LogP contribution in [0.1, 0.15) is 11.1 Å². The van der Waals surface area contributed by atoms with Crippen molar-refractivity contribution in [3.63, 3.8) is 0 Å². The van der Waals surface area contributed by atoms with Crippen molar-refractivity contribution in [1.82, 2.24) is 0 Å². The van der Waals surface area contributed by atoms with Gasteiger partial charge in [0.1, 0.15) is 0 Å². The summed E-state index contributed by atoms with van der Waals surface area (Å²) in [6, 6.07) is 10.2. The Hall–Kier alpha value is -1.23. The standard InChI is InChI=1S/C12H13NO2S/c1-8-3-4-9(2)12-7-10(13-14-15-16)5-6-11(8)12/h3-7,13,16H,1-2H3. The third-order valence-electron chi connectivity index (χ3n) is 2.65. The van der Waals surface area contributed by atoms with Gasteiger partial charge in [-0.25, -0.2) is 5.48 Å². The lowest BCUT2D eigenvalue weighted by atomic mass is 10.0. The Morgan fingerprint density at radius 1 is 1.00 bits per heavy atom. The molecule has 4 heteroatoms. The Balaban J connectivity index is 2.48. The van der Waals surface area contributed by atoms with E-state index in [0.717, 1.165) is 5.69 Å². The van der Waals surface area contributed by atoms with Crippen LogP contribution in [0.15, 0.2) is 30.3 Å². The van der Waals surface area contributed by atoms with E-state index in [1.165, 1.54) is 21.9 Å². The second kappa shape index (κ2) is 4.74. The van der Waals surface area contributed by atoms with Crippen molar-refractivity contribution in [2.75, 3.05) is 5.48 Å². The number of benzene rings is 2. The van der Waals surface area contributed by atoms with Crippen LogP contribution >= 0.6 is 12.9 Å². The van der Waals surface area contributed by atoms with Gasteiger partial charge in [0, 0.05) is 12.9 Å². The predicted octanol–water partition coefficient (Wildman–Crippen LogP) is 3.58. The maximum Gasteiger partial charge on any atom is 0.0641 e. The van der Waals surface area contributed by atoms with Crippen molar-refractivity contribution in [3.8, 4) is 0 Å². The number of hydrogen-bond donors (Lipinski definition) is 2. The summed E-state index contributed by atoms with van der Waals surface area (Å²) in [5.41, 5.74) is 5.96. The highest BCUT2D eigenvalue weighted by atomic mass is 32.1. The van der Waals surface area contributed by atoms with Gasteiger partial charge in [0.05, 0.1) is 5.69 Å². The summed E-state index contributed by atoms with van der Waals surface area (Å²) in [6.07, 6.45) is 0. The molecule has 0 saturated carbocycles. The van der Waals surface area contributed by atoms with Gasteiger partial charge in [0.2, 0.25) is 0 Å². The van der Waals surface area contributed by atoms with Crippen molar-refractivity contribution in [2.24, 2.45) is 0 Å². The van der Waals surface area contributed by atoms with Crippen LogP contribution in [0.5, 0.6) is 0 Å². The molecular weight excluding hydrogens is 222 g/mol. The SMILES string of the molecule is Cc1ccc(C)c2cc(NOOS)ccc12. The first kappa shape index (κ1) is 11.3. The number of nitrogens with one attached hydrogen (secondary N) is 1. The molecule has 1 N–H and O–H groups in total. The Bertz CT molecular complexity index is 514. The number of anilines is 1. The molecule has 0 aliphatic rings. The average Bonchev–Trinajstić information content (AvgIpc) is 2.31. The maximum atomic E-state index is 4.55. The zero-order valence-electron chi connectivity index (χ0n) is 9.15. The summed E-state index contributed by atoms with van der Waals surface area (Å²) in [7, 11) is 0. The minimum Gasteiger partial charge on any atom is -0.234 e. The molecular formula is C12H13NO2S. The molecule has 2 rings (SSSR count). The number of rotatable bonds is 3. The molecule has 16 heavy (non-hydrogen) atoms. The number of hydrogen-bond acceptors (Lipinski definition) is 4. The Morgan fingerprint density at radius 2 is 1.69 bits per heavy atom. The minimum atomic E-state index is 0.829. The van der Waals surface area contributed by atoms with E-state index in [2.05, 4.69) is 59.8 Å². The van der Waals surface area contributed by atoms with Crippen molar-refractivity contribution in [1.29, 1.82) is 0 Å². The van der Waals surface area contributed by atoms with Gasteiger partial charge < -0.3 is 0 Å². The van der Waals surface area contributed by atoms with E-state index in [4.69, 9.17) is 0 Å². The molecule has 0 saturated heterocycles. The summed E-state index contributed by atoms with van der Waals surface area (Å²) >= 11 is 3.48. The molecule has 0 fully saturated rings. The highest BCUT2D eigenvalue weighted by molar-refractivity contribution is 7.74. The van der Waals surface area contributed by atoms with Gasteiger partial charge in [0.15, 0.2) is 0 Å². The molecule has 84 valence electrons. The fraction of sp³-hybridized carbons (Fsp3) is 0.167. The van der Waals surface area contributed by atoms with Gasteiger partial charge in [-0.3, -0.25) is 0 Å². The van der Waals surface area contributed by atoms with Gasteiger partial charge in [-0.15, -0.1) is 9.32 Å². The van der Waals surface area contributed by atoms with Gasteiger partial charge in [-0.05, 0) is 47.9 Å². The van der Waals surface area contributed by atoms with Gasteiger partial charge >= 0.3 is 0 Å². The summed E-state index contributed by atoms with van der Waals surface area (Å²) in [6.45, 7) is 4.18. The molecule has 0 aliphatic carbocycles. The lowest BCUT2D eigenvalue weighted by Crippen LogP contribution is -1.97. The summed E-state index contributed by atoms with van der Waals surface area (Å²) < 4.78 is 4.20. The monoisotopic (exact) mass is 235 g/mol. The van der Waals surface area contributed by atoms with E-state index in [0.29, 0.717) is 0 Å². The van der Waals surface area contributed by atoms with Crippen LogP contribution in [0.4, 0.5) is 5.69 Å².